The van der Waals surface area contributed by atoms with Crippen LogP contribution in [0, 0.1) is 0 Å². The van der Waals surface area contributed by atoms with Gasteiger partial charge in [-0.2, -0.15) is 12.6 Å². The smallest absolute Gasteiger partial charge is 0.244 e. The molecule has 238 valence electrons. The maximum Gasteiger partial charge on any atom is 0.244 e. The summed E-state index contributed by atoms with van der Waals surface area (Å²) < 4.78 is 0. The van der Waals surface area contributed by atoms with Gasteiger partial charge in [-0.25, -0.2) is 0 Å². The molecule has 0 aromatic heterocycles. The zero-order valence-electron chi connectivity index (χ0n) is 24.0. The van der Waals surface area contributed by atoms with Crippen LogP contribution in [-0.4, -0.2) is 96.4 Å². The van der Waals surface area contributed by atoms with Gasteiger partial charge in [0.05, 0.1) is 0 Å². The van der Waals surface area contributed by atoms with E-state index in [1.165, 1.54) is 20.8 Å². The molecule has 42 heavy (non-hydrogen) atoms. The first-order chi connectivity index (χ1) is 19.6. The maximum atomic E-state index is 13.1. The Balaban J connectivity index is 5.40. The molecule has 0 aromatic rings. The molecule has 5 atom stereocenters. The van der Waals surface area contributed by atoms with E-state index in [0.717, 1.165) is 0 Å². The minimum atomic E-state index is -1.15. The number of hydrogen-bond acceptors (Lipinski definition) is 9. The molecular formula is C23H44N12O6S. The topological polar surface area (TPSA) is 317 Å². The van der Waals surface area contributed by atoms with Crippen LogP contribution in [0.15, 0.2) is 9.98 Å². The molecule has 0 fully saturated rings. The summed E-state index contributed by atoms with van der Waals surface area (Å²) in [4.78, 5) is 81.7. The molecule has 15 N–H and O–H groups in total. The maximum absolute atomic E-state index is 13.1. The van der Waals surface area contributed by atoms with Crippen molar-refractivity contribution in [2.24, 2.45) is 38.7 Å². The van der Waals surface area contributed by atoms with E-state index < -0.39 is 65.7 Å². The Morgan fingerprint density at radius 1 is 0.619 bits per heavy atom. The Morgan fingerprint density at radius 2 is 1.02 bits per heavy atom. The summed E-state index contributed by atoms with van der Waals surface area (Å²) in [5.74, 6) is -4.29. The Kier molecular flexibility index (Phi) is 17.7. The fourth-order valence-electron chi connectivity index (χ4n) is 3.35. The molecule has 0 saturated carbocycles. The molecule has 0 rings (SSSR count). The Bertz CT molecular complexity index is 1020. The van der Waals surface area contributed by atoms with Crippen molar-refractivity contribution in [2.45, 2.75) is 76.7 Å². The summed E-state index contributed by atoms with van der Waals surface area (Å²) in [6.45, 7) is 4.38. The lowest BCUT2D eigenvalue weighted by Gasteiger charge is -2.24. The molecule has 0 bridgehead atoms. The zero-order valence-corrected chi connectivity index (χ0v) is 24.9. The van der Waals surface area contributed by atoms with E-state index >= 15 is 0 Å². The Labute approximate surface area is 249 Å². The number of guanidine groups is 2. The van der Waals surface area contributed by atoms with Crippen molar-refractivity contribution in [1.29, 1.82) is 0 Å². The molecule has 0 aliphatic rings. The molecule has 0 heterocycles. The largest absolute Gasteiger partial charge is 0.370 e. The summed E-state index contributed by atoms with van der Waals surface area (Å²) >= 11 is 4.03. The number of carbonyl (C=O) groups excluding carboxylic acids is 6. The van der Waals surface area contributed by atoms with Gasteiger partial charge in [0.15, 0.2) is 11.9 Å². The highest BCUT2D eigenvalue weighted by Crippen LogP contribution is 2.03. The fourth-order valence-corrected chi connectivity index (χ4v) is 3.61. The van der Waals surface area contributed by atoms with Crippen molar-refractivity contribution in [3.8, 4) is 0 Å². The van der Waals surface area contributed by atoms with E-state index in [0.29, 0.717) is 6.42 Å². The van der Waals surface area contributed by atoms with Crippen LogP contribution in [0.1, 0.15) is 46.5 Å². The highest BCUT2D eigenvalue weighted by atomic mass is 32.1. The van der Waals surface area contributed by atoms with Gasteiger partial charge in [0, 0.05) is 25.8 Å². The molecule has 18 nitrogen and oxygen atoms in total. The van der Waals surface area contributed by atoms with Crippen LogP contribution in [0.5, 0.6) is 0 Å². The van der Waals surface area contributed by atoms with Crippen LogP contribution in [0.3, 0.4) is 0 Å². The number of amides is 6. The number of hydrogen-bond donors (Lipinski definition) is 11. The van der Waals surface area contributed by atoms with Gasteiger partial charge in [-0.15, -0.1) is 0 Å². The summed E-state index contributed by atoms with van der Waals surface area (Å²) in [6.07, 6.45) is 0.858. The van der Waals surface area contributed by atoms with Crippen molar-refractivity contribution in [3.63, 3.8) is 0 Å². The second kappa shape index (κ2) is 19.7. The minimum Gasteiger partial charge on any atom is -0.370 e. The third-order valence-corrected chi connectivity index (χ3v) is 5.93. The lowest BCUT2D eigenvalue weighted by Crippen LogP contribution is -2.58. The standard InChI is InChI=1S/C23H44N12O6S/c1-11(18(38)34-14(17(24)37)6-4-8-29-22(25)26)31-20(40)15(7-5-9-30-23(27)28)35-19(39)12(2)32-21(41)16(10-42)33-13(3)36/h11-12,14-16,42H,4-10H2,1-3H3,(H2,24,37)(H,31,40)(H,32,41)(H,33,36)(H,34,38)(H,35,39)(H4,25,26,29)(H4,27,28,30)/t11-,12-,14-,15-,16-/m1/s1. The lowest BCUT2D eigenvalue weighted by molar-refractivity contribution is -0.134. The van der Waals surface area contributed by atoms with Crippen LogP contribution < -0.4 is 55.3 Å². The SMILES string of the molecule is CC(=O)N[C@H](CS)C(=O)N[C@H](C)C(=O)N[C@H](CCCN=C(N)N)C(=O)N[C@H](C)C(=O)N[C@H](CCCN=C(N)N)C(N)=O. The number of nitrogens with one attached hydrogen (secondary N) is 5. The van der Waals surface area contributed by atoms with E-state index in [1.54, 1.807) is 0 Å². The number of nitrogens with two attached hydrogens (primary N) is 5. The first kappa shape index (κ1) is 37.7. The molecule has 0 aliphatic heterocycles. The van der Waals surface area contributed by atoms with Crippen LogP contribution in [0.25, 0.3) is 0 Å². The molecule has 6 amide bonds. The van der Waals surface area contributed by atoms with Gasteiger partial charge in [0.2, 0.25) is 35.4 Å². The van der Waals surface area contributed by atoms with Gasteiger partial charge in [0.25, 0.3) is 0 Å². The molecule has 0 saturated heterocycles. The monoisotopic (exact) mass is 616 g/mol. The number of primary amides is 1. The number of rotatable bonds is 19. The average molecular weight is 617 g/mol. The lowest BCUT2D eigenvalue weighted by atomic mass is 10.1. The summed E-state index contributed by atoms with van der Waals surface area (Å²) in [5.41, 5.74) is 26.5. The molecule has 0 aliphatic carbocycles. The van der Waals surface area contributed by atoms with Crippen molar-refractivity contribution in [1.82, 2.24) is 26.6 Å². The van der Waals surface area contributed by atoms with Gasteiger partial charge in [-0.05, 0) is 39.5 Å². The second-order valence-corrected chi connectivity index (χ2v) is 9.68. The average Bonchev–Trinajstić information content (AvgIpc) is 2.89. The van der Waals surface area contributed by atoms with Gasteiger partial charge in [-0.3, -0.25) is 38.8 Å². The summed E-state index contributed by atoms with van der Waals surface area (Å²) in [7, 11) is 0. The van der Waals surface area contributed by atoms with Crippen molar-refractivity contribution in [2.75, 3.05) is 18.8 Å². The van der Waals surface area contributed by atoms with Crippen molar-refractivity contribution >= 4 is 60.0 Å². The molecule has 0 radical (unpaired) electrons. The first-order valence-corrected chi connectivity index (χ1v) is 13.7. The quantitative estimate of drug-likeness (QED) is 0.0284. The van der Waals surface area contributed by atoms with Gasteiger partial charge >= 0.3 is 0 Å². The van der Waals surface area contributed by atoms with Crippen LogP contribution >= 0.6 is 12.6 Å². The van der Waals surface area contributed by atoms with E-state index in [-0.39, 0.29) is 50.0 Å². The predicted octanol–water partition coefficient (Wildman–Crippen LogP) is -5.01. The van der Waals surface area contributed by atoms with Crippen molar-refractivity contribution in [3.05, 3.63) is 0 Å². The molecule has 0 spiro atoms. The fraction of sp³-hybridized carbons (Fsp3) is 0.652. The van der Waals surface area contributed by atoms with Crippen LogP contribution in [0.4, 0.5) is 0 Å². The summed E-state index contributed by atoms with van der Waals surface area (Å²) in [5, 5.41) is 12.3. The second-order valence-electron chi connectivity index (χ2n) is 9.32. The van der Waals surface area contributed by atoms with E-state index in [2.05, 4.69) is 49.2 Å². The van der Waals surface area contributed by atoms with Gasteiger partial charge in [-0.1, -0.05) is 0 Å². The summed E-state index contributed by atoms with van der Waals surface area (Å²) in [6, 6.07) is -5.39. The third-order valence-electron chi connectivity index (χ3n) is 5.56. The normalized spacial score (nSPS) is 14.0. The van der Waals surface area contributed by atoms with Crippen LogP contribution in [0.2, 0.25) is 0 Å². The van der Waals surface area contributed by atoms with E-state index in [1.807, 2.05) is 0 Å². The molecule has 19 heteroatoms. The molecule has 0 aromatic carbocycles. The van der Waals surface area contributed by atoms with Crippen molar-refractivity contribution < 1.29 is 28.8 Å². The Hall–Kier alpha value is -4.29. The van der Waals surface area contributed by atoms with Crippen LogP contribution in [-0.2, 0) is 28.8 Å². The zero-order chi connectivity index (χ0) is 32.4. The molecular weight excluding hydrogens is 572 g/mol. The van der Waals surface area contributed by atoms with Gasteiger partial charge in [0.1, 0.15) is 30.2 Å². The van der Waals surface area contributed by atoms with Gasteiger partial charge < -0.3 is 55.3 Å². The highest BCUT2D eigenvalue weighted by molar-refractivity contribution is 7.80. The Morgan fingerprint density at radius 3 is 1.40 bits per heavy atom. The van der Waals surface area contributed by atoms with E-state index in [9.17, 15) is 28.8 Å². The molecule has 0 unspecified atom stereocenters. The minimum absolute atomic E-state index is 0.0115. The number of carbonyl (C=O) groups is 6. The number of aliphatic imine (C=N–C) groups is 2. The first-order valence-electron chi connectivity index (χ1n) is 13.1. The van der Waals surface area contributed by atoms with E-state index in [4.69, 9.17) is 28.7 Å². The number of thiol groups is 1. The number of nitrogens with zero attached hydrogens (tertiary/aromatic N) is 2. The highest BCUT2D eigenvalue weighted by Gasteiger charge is 2.29. The third kappa shape index (κ3) is 16.1. The predicted molar refractivity (Wildman–Crippen MR) is 160 cm³/mol.